The van der Waals surface area contributed by atoms with Crippen LogP contribution in [0.3, 0.4) is 0 Å². The first-order valence-electron chi connectivity index (χ1n) is 7.48. The fourth-order valence-electron chi connectivity index (χ4n) is 2.24. The molecule has 3 rings (SSSR count). The van der Waals surface area contributed by atoms with Crippen molar-refractivity contribution in [2.45, 2.75) is 25.8 Å². The van der Waals surface area contributed by atoms with Crippen LogP contribution in [0.25, 0.3) is 11.4 Å². The van der Waals surface area contributed by atoms with Crippen LogP contribution < -0.4 is 14.8 Å². The van der Waals surface area contributed by atoms with E-state index in [0.29, 0.717) is 23.2 Å². The van der Waals surface area contributed by atoms with Crippen LogP contribution >= 0.6 is 0 Å². The molecule has 1 heterocycles. The van der Waals surface area contributed by atoms with Crippen molar-refractivity contribution in [1.82, 2.24) is 15.5 Å². The normalized spacial score (nSPS) is 15.1. The number of benzene rings is 1. The fourth-order valence-corrected chi connectivity index (χ4v) is 2.24. The smallest absolute Gasteiger partial charge is 0.249 e. The average molecular weight is 317 g/mol. The fraction of sp³-hybridized carbons (Fsp3) is 0.438. The number of hydrogen-bond donors (Lipinski definition) is 1. The molecule has 2 aromatic rings. The van der Waals surface area contributed by atoms with E-state index in [0.717, 1.165) is 18.4 Å². The van der Waals surface area contributed by atoms with Crippen LogP contribution in [0.5, 0.6) is 11.5 Å². The van der Waals surface area contributed by atoms with Gasteiger partial charge >= 0.3 is 0 Å². The van der Waals surface area contributed by atoms with Crippen LogP contribution in [0.2, 0.25) is 0 Å². The maximum absolute atomic E-state index is 11.8. The number of carbonyl (C=O) groups excluding carboxylic acids is 1. The Labute approximate surface area is 134 Å². The number of amides is 1. The molecule has 1 fully saturated rings. The predicted octanol–water partition coefficient (Wildman–Crippen LogP) is 2.34. The topological polar surface area (TPSA) is 86.5 Å². The molecule has 1 N–H and O–H groups in total. The molecule has 1 atom stereocenters. The summed E-state index contributed by atoms with van der Waals surface area (Å²) in [6.45, 7) is 1.83. The molecule has 0 spiro atoms. The van der Waals surface area contributed by atoms with Crippen LogP contribution in [-0.2, 0) is 4.79 Å². The highest BCUT2D eigenvalue weighted by molar-refractivity contribution is 5.81. The molecule has 0 aliphatic heterocycles. The van der Waals surface area contributed by atoms with Crippen LogP contribution in [-0.4, -0.2) is 30.3 Å². The third kappa shape index (κ3) is 3.28. The second kappa shape index (κ2) is 6.28. The minimum absolute atomic E-state index is 0.0448. The van der Waals surface area contributed by atoms with Gasteiger partial charge in [-0.05, 0) is 38.0 Å². The van der Waals surface area contributed by atoms with E-state index in [2.05, 4.69) is 15.5 Å². The zero-order chi connectivity index (χ0) is 16.4. The molecule has 1 amide bonds. The highest BCUT2D eigenvalue weighted by Gasteiger charge is 2.31. The van der Waals surface area contributed by atoms with Crippen LogP contribution in [0.1, 0.15) is 31.7 Å². The molecule has 7 heteroatoms. The van der Waals surface area contributed by atoms with Crippen molar-refractivity contribution in [1.29, 1.82) is 0 Å². The Morgan fingerprint density at radius 2 is 2.04 bits per heavy atom. The summed E-state index contributed by atoms with van der Waals surface area (Å²) in [5.74, 6) is 2.22. The third-order valence-electron chi connectivity index (χ3n) is 3.76. The van der Waals surface area contributed by atoms with Gasteiger partial charge in [-0.25, -0.2) is 0 Å². The quantitative estimate of drug-likeness (QED) is 0.880. The zero-order valence-electron chi connectivity index (χ0n) is 13.3. The first-order valence-corrected chi connectivity index (χ1v) is 7.48. The molecule has 7 nitrogen and oxygen atoms in total. The molecule has 1 aromatic carbocycles. The van der Waals surface area contributed by atoms with Crippen LogP contribution in [0.15, 0.2) is 22.7 Å². The highest BCUT2D eigenvalue weighted by atomic mass is 16.5. The number of carbonyl (C=O) groups is 1. The lowest BCUT2D eigenvalue weighted by Crippen LogP contribution is -2.28. The first kappa shape index (κ1) is 15.3. The van der Waals surface area contributed by atoms with Gasteiger partial charge < -0.3 is 19.3 Å². The molecule has 0 radical (unpaired) electrons. The summed E-state index contributed by atoms with van der Waals surface area (Å²) in [7, 11) is 3.15. The van der Waals surface area contributed by atoms with E-state index in [9.17, 15) is 4.79 Å². The Kier molecular flexibility index (Phi) is 4.18. The van der Waals surface area contributed by atoms with E-state index in [1.165, 1.54) is 0 Å². The summed E-state index contributed by atoms with van der Waals surface area (Å²) in [6.07, 6.45) is 1.92. The highest BCUT2D eigenvalue weighted by Crippen LogP contribution is 2.32. The lowest BCUT2D eigenvalue weighted by Gasteiger charge is -2.08. The Morgan fingerprint density at radius 3 is 2.70 bits per heavy atom. The number of hydrogen-bond acceptors (Lipinski definition) is 6. The van der Waals surface area contributed by atoms with E-state index in [-0.39, 0.29) is 17.9 Å². The molecule has 23 heavy (non-hydrogen) atoms. The van der Waals surface area contributed by atoms with Gasteiger partial charge in [-0.2, -0.15) is 4.98 Å². The number of rotatable bonds is 6. The molecule has 0 saturated heterocycles. The van der Waals surface area contributed by atoms with E-state index >= 15 is 0 Å². The monoisotopic (exact) mass is 317 g/mol. The Hall–Kier alpha value is -2.57. The van der Waals surface area contributed by atoms with Crippen molar-refractivity contribution >= 4 is 5.91 Å². The molecule has 1 aliphatic carbocycles. The molecule has 1 aromatic heterocycles. The lowest BCUT2D eigenvalue weighted by molar-refractivity contribution is -0.123. The average Bonchev–Trinajstić information content (AvgIpc) is 3.31. The Bertz CT molecular complexity index is 709. The zero-order valence-corrected chi connectivity index (χ0v) is 13.3. The largest absolute Gasteiger partial charge is 0.493 e. The van der Waals surface area contributed by atoms with Gasteiger partial charge in [0.1, 0.15) is 6.04 Å². The molecule has 0 bridgehead atoms. The van der Waals surface area contributed by atoms with E-state index in [1.54, 1.807) is 26.4 Å². The van der Waals surface area contributed by atoms with E-state index in [4.69, 9.17) is 14.0 Å². The SMILES string of the molecule is COc1ccc(-c2noc(C(C)NC(=O)C3CC3)n2)cc1OC. The summed E-state index contributed by atoms with van der Waals surface area (Å²) in [5.41, 5.74) is 0.748. The lowest BCUT2D eigenvalue weighted by atomic mass is 10.2. The van der Waals surface area contributed by atoms with Crippen LogP contribution in [0, 0.1) is 5.92 Å². The molecule has 1 saturated carbocycles. The Balaban J connectivity index is 1.76. The van der Waals surface area contributed by atoms with E-state index < -0.39 is 0 Å². The maximum atomic E-state index is 11.8. The third-order valence-corrected chi connectivity index (χ3v) is 3.76. The molecule has 1 unspecified atom stereocenters. The van der Waals surface area contributed by atoms with Gasteiger partial charge in [0, 0.05) is 11.5 Å². The van der Waals surface area contributed by atoms with Crippen molar-refractivity contribution in [3.05, 3.63) is 24.1 Å². The molecule has 122 valence electrons. The summed E-state index contributed by atoms with van der Waals surface area (Å²) < 4.78 is 15.7. The minimum Gasteiger partial charge on any atom is -0.493 e. The molecular formula is C16H19N3O4. The van der Waals surface area contributed by atoms with Crippen molar-refractivity contribution < 1.29 is 18.8 Å². The van der Waals surface area contributed by atoms with Crippen LogP contribution in [0.4, 0.5) is 0 Å². The summed E-state index contributed by atoms with van der Waals surface area (Å²) in [6, 6.07) is 5.07. The second-order valence-corrected chi connectivity index (χ2v) is 5.53. The second-order valence-electron chi connectivity index (χ2n) is 5.53. The number of aromatic nitrogens is 2. The van der Waals surface area contributed by atoms with Gasteiger partial charge in [0.25, 0.3) is 0 Å². The minimum atomic E-state index is -0.315. The van der Waals surface area contributed by atoms with Gasteiger partial charge in [0.2, 0.25) is 17.6 Å². The number of nitrogens with zero attached hydrogens (tertiary/aromatic N) is 2. The molecule has 1 aliphatic rings. The van der Waals surface area contributed by atoms with Gasteiger partial charge in [0.15, 0.2) is 11.5 Å². The Morgan fingerprint density at radius 1 is 1.30 bits per heavy atom. The predicted molar refractivity (Wildman–Crippen MR) is 82.1 cm³/mol. The van der Waals surface area contributed by atoms with Gasteiger partial charge in [-0.15, -0.1) is 0 Å². The molecular weight excluding hydrogens is 298 g/mol. The number of nitrogens with one attached hydrogen (secondary N) is 1. The van der Waals surface area contributed by atoms with Gasteiger partial charge in [0.05, 0.1) is 14.2 Å². The summed E-state index contributed by atoms with van der Waals surface area (Å²) in [5, 5.41) is 6.86. The van der Waals surface area contributed by atoms with Crippen molar-refractivity contribution in [3.8, 4) is 22.9 Å². The standard InChI is InChI=1S/C16H19N3O4/c1-9(17-15(20)10-4-5-10)16-18-14(19-23-16)11-6-7-12(21-2)13(8-11)22-3/h6-10H,4-5H2,1-3H3,(H,17,20). The van der Waals surface area contributed by atoms with Gasteiger partial charge in [-0.1, -0.05) is 5.16 Å². The van der Waals surface area contributed by atoms with Crippen molar-refractivity contribution in [3.63, 3.8) is 0 Å². The number of methoxy groups -OCH3 is 2. The van der Waals surface area contributed by atoms with E-state index in [1.807, 2.05) is 13.0 Å². The number of ether oxygens (including phenoxy) is 2. The first-order chi connectivity index (χ1) is 11.1. The summed E-state index contributed by atoms with van der Waals surface area (Å²) >= 11 is 0. The summed E-state index contributed by atoms with van der Waals surface area (Å²) in [4.78, 5) is 16.1. The van der Waals surface area contributed by atoms with Crippen molar-refractivity contribution in [2.75, 3.05) is 14.2 Å². The van der Waals surface area contributed by atoms with Gasteiger partial charge in [-0.3, -0.25) is 4.79 Å². The maximum Gasteiger partial charge on any atom is 0.249 e. The van der Waals surface area contributed by atoms with Crippen molar-refractivity contribution in [2.24, 2.45) is 5.92 Å².